The topological polar surface area (TPSA) is 101 Å². The summed E-state index contributed by atoms with van der Waals surface area (Å²) in [5.41, 5.74) is 8.95. The van der Waals surface area contributed by atoms with Gasteiger partial charge in [-0.25, -0.2) is 9.78 Å². The number of methoxy groups -OCH3 is 1. The lowest BCUT2D eigenvalue weighted by molar-refractivity contribution is 0.0601. The highest BCUT2D eigenvalue weighted by molar-refractivity contribution is 6.35. The van der Waals surface area contributed by atoms with Gasteiger partial charge < -0.3 is 19.6 Å². The summed E-state index contributed by atoms with van der Waals surface area (Å²) in [6.45, 7) is 6.53. The number of nitrogens with one attached hydrogen (secondary N) is 1. The molecule has 0 amide bonds. The molecule has 2 N–H and O–H groups in total. The summed E-state index contributed by atoms with van der Waals surface area (Å²) in [5.74, 6) is 0.903. The molecule has 0 unspecified atom stereocenters. The zero-order valence-corrected chi connectivity index (χ0v) is 26.6. The van der Waals surface area contributed by atoms with E-state index in [1.165, 1.54) is 7.11 Å². The van der Waals surface area contributed by atoms with Crippen molar-refractivity contribution < 1.29 is 19.1 Å². The molecule has 9 heteroatoms. The Morgan fingerprint density at radius 1 is 1.02 bits per heavy atom. The fourth-order valence-corrected chi connectivity index (χ4v) is 6.63. The number of hydrogen-bond donors (Lipinski definition) is 2. The van der Waals surface area contributed by atoms with Crippen LogP contribution in [0.15, 0.2) is 83.5 Å². The Kier molecular flexibility index (Phi) is 7.94. The van der Waals surface area contributed by atoms with Crippen molar-refractivity contribution in [2.45, 2.75) is 32.9 Å². The van der Waals surface area contributed by atoms with E-state index >= 15 is 0 Å². The number of rotatable bonds is 7. The van der Waals surface area contributed by atoms with Crippen molar-refractivity contribution in [3.8, 4) is 22.5 Å². The molecule has 0 saturated carbocycles. The molecule has 0 radical (unpaired) electrons. The minimum absolute atomic E-state index is 0.245. The number of anilines is 2. The third kappa shape index (κ3) is 5.60. The van der Waals surface area contributed by atoms with E-state index in [0.29, 0.717) is 34.3 Å². The number of fused-ring (bicyclic) bond motifs is 2. The predicted molar refractivity (Wildman–Crippen MR) is 182 cm³/mol. The molecule has 1 fully saturated rings. The van der Waals surface area contributed by atoms with Crippen LogP contribution < -0.4 is 5.32 Å². The lowest BCUT2D eigenvalue weighted by Crippen LogP contribution is -2.21. The molecule has 1 atom stereocenters. The zero-order chi connectivity index (χ0) is 31.9. The van der Waals surface area contributed by atoms with Gasteiger partial charge in [0.1, 0.15) is 11.3 Å². The van der Waals surface area contributed by atoms with Gasteiger partial charge in [-0.2, -0.15) is 0 Å². The Morgan fingerprint density at radius 2 is 1.80 bits per heavy atom. The molecule has 0 aliphatic carbocycles. The summed E-state index contributed by atoms with van der Waals surface area (Å²) in [6.07, 6.45) is 4.27. The average molecular weight is 633 g/mol. The van der Waals surface area contributed by atoms with E-state index in [4.69, 9.17) is 25.7 Å². The first kappa shape index (κ1) is 29.9. The van der Waals surface area contributed by atoms with Crippen LogP contribution in [-0.2, 0) is 11.3 Å². The number of nitrogens with zero attached hydrogens (tertiary/aromatic N) is 3. The molecule has 0 bridgehead atoms. The highest BCUT2D eigenvalue weighted by Crippen LogP contribution is 2.39. The van der Waals surface area contributed by atoms with Crippen LogP contribution in [0.3, 0.4) is 0 Å². The van der Waals surface area contributed by atoms with Crippen LogP contribution >= 0.6 is 11.6 Å². The lowest BCUT2D eigenvalue weighted by atomic mass is 9.92. The highest BCUT2D eigenvalue weighted by Gasteiger charge is 2.21. The van der Waals surface area contributed by atoms with Crippen LogP contribution in [0.5, 0.6) is 0 Å². The van der Waals surface area contributed by atoms with Crippen molar-refractivity contribution in [2.24, 2.45) is 0 Å². The number of aromatic nitrogens is 2. The van der Waals surface area contributed by atoms with Gasteiger partial charge in [0.25, 0.3) is 0 Å². The number of likely N-dealkylation sites (tertiary alicyclic amines) is 1. The number of ether oxygens (including phenoxy) is 1. The molecule has 232 valence electrons. The number of aliphatic hydroxyl groups excluding tert-OH is 1. The third-order valence-corrected chi connectivity index (χ3v) is 9.06. The summed E-state index contributed by atoms with van der Waals surface area (Å²) < 4.78 is 11.1. The van der Waals surface area contributed by atoms with Gasteiger partial charge >= 0.3 is 5.97 Å². The van der Waals surface area contributed by atoms with Gasteiger partial charge in [-0.15, -0.1) is 0 Å². The monoisotopic (exact) mass is 632 g/mol. The molecule has 1 saturated heterocycles. The zero-order valence-electron chi connectivity index (χ0n) is 25.8. The van der Waals surface area contributed by atoms with Crippen molar-refractivity contribution in [1.82, 2.24) is 14.9 Å². The standard InChI is InChI=1S/C37H33ClN4O4/c1-21-28(6-4-8-30(21)33-17-25-15-26(37(44)45-3)16-31(38)35(25)46-33)29-7-5-9-32(22(29)2)41-36-34-24(10-12-39-36)14-23(18-40-34)19-42-13-11-27(43)20-42/h4-10,12,14-18,27,43H,11,13,19-20H2,1-3H3,(H,39,41)/t27-/m1/s1. The van der Waals surface area contributed by atoms with E-state index in [9.17, 15) is 9.90 Å². The maximum Gasteiger partial charge on any atom is 0.337 e. The fraction of sp³-hybridized carbons (Fsp3) is 0.216. The van der Waals surface area contributed by atoms with E-state index in [0.717, 1.165) is 74.9 Å². The van der Waals surface area contributed by atoms with Crippen molar-refractivity contribution in [3.63, 3.8) is 0 Å². The van der Waals surface area contributed by atoms with Gasteiger partial charge in [0.15, 0.2) is 11.4 Å². The van der Waals surface area contributed by atoms with Gasteiger partial charge in [0, 0.05) is 54.1 Å². The highest BCUT2D eigenvalue weighted by atomic mass is 35.5. The quantitative estimate of drug-likeness (QED) is 0.170. The maximum absolute atomic E-state index is 12.1. The number of hydrogen-bond acceptors (Lipinski definition) is 8. The summed E-state index contributed by atoms with van der Waals surface area (Å²) in [7, 11) is 1.34. The summed E-state index contributed by atoms with van der Waals surface area (Å²) >= 11 is 6.49. The van der Waals surface area contributed by atoms with Crippen LogP contribution in [-0.4, -0.2) is 52.2 Å². The largest absolute Gasteiger partial charge is 0.465 e. The number of pyridine rings is 2. The molecule has 0 spiro atoms. The Bertz CT molecular complexity index is 2130. The van der Waals surface area contributed by atoms with Crippen molar-refractivity contribution in [1.29, 1.82) is 0 Å². The van der Waals surface area contributed by atoms with Crippen LogP contribution in [0.4, 0.5) is 11.5 Å². The van der Waals surface area contributed by atoms with Gasteiger partial charge in [0.05, 0.1) is 23.8 Å². The molecule has 3 aromatic heterocycles. The molecule has 8 nitrogen and oxygen atoms in total. The van der Waals surface area contributed by atoms with E-state index in [1.54, 1.807) is 18.3 Å². The second-order valence-electron chi connectivity index (χ2n) is 11.8. The summed E-state index contributed by atoms with van der Waals surface area (Å²) in [4.78, 5) is 23.8. The summed E-state index contributed by atoms with van der Waals surface area (Å²) in [6, 6.07) is 21.7. The number of β-amino-alcohol motifs (C(OH)–C–C–N with tert-alkyl or cyclic N) is 1. The molecule has 4 heterocycles. The van der Waals surface area contributed by atoms with Crippen molar-refractivity contribution in [2.75, 3.05) is 25.5 Å². The molecule has 1 aliphatic rings. The molecular weight excluding hydrogens is 600 g/mol. The van der Waals surface area contributed by atoms with Crippen LogP contribution in [0.2, 0.25) is 5.02 Å². The Hall–Kier alpha value is -4.76. The molecule has 46 heavy (non-hydrogen) atoms. The molecule has 6 aromatic rings. The molecule has 7 rings (SSSR count). The van der Waals surface area contributed by atoms with Crippen LogP contribution in [0.25, 0.3) is 44.3 Å². The Balaban J connectivity index is 1.20. The van der Waals surface area contributed by atoms with Gasteiger partial charge in [0.2, 0.25) is 0 Å². The molecule has 1 aliphatic heterocycles. The number of benzene rings is 3. The first-order valence-electron chi connectivity index (χ1n) is 15.2. The number of halogens is 1. The van der Waals surface area contributed by atoms with Crippen LogP contribution in [0.1, 0.15) is 33.5 Å². The fourth-order valence-electron chi connectivity index (χ4n) is 6.36. The van der Waals surface area contributed by atoms with E-state index in [2.05, 4.69) is 47.2 Å². The minimum atomic E-state index is -0.452. The van der Waals surface area contributed by atoms with Gasteiger partial charge in [-0.3, -0.25) is 9.88 Å². The van der Waals surface area contributed by atoms with Crippen molar-refractivity contribution >= 4 is 50.9 Å². The Morgan fingerprint density at radius 3 is 2.59 bits per heavy atom. The third-order valence-electron chi connectivity index (χ3n) is 8.78. The van der Waals surface area contributed by atoms with E-state index < -0.39 is 5.97 Å². The summed E-state index contributed by atoms with van der Waals surface area (Å²) in [5, 5.41) is 15.5. The number of carbonyl (C=O) groups is 1. The lowest BCUT2D eigenvalue weighted by Gasteiger charge is -2.17. The van der Waals surface area contributed by atoms with E-state index in [-0.39, 0.29) is 6.10 Å². The van der Waals surface area contributed by atoms with Gasteiger partial charge in [-0.05, 0) is 84.5 Å². The minimum Gasteiger partial charge on any atom is -0.465 e. The second-order valence-corrected chi connectivity index (χ2v) is 12.2. The Labute approximate surface area is 271 Å². The van der Waals surface area contributed by atoms with Crippen LogP contribution in [0, 0.1) is 13.8 Å². The number of carbonyl (C=O) groups excluding carboxylic acids is 1. The SMILES string of the molecule is COC(=O)c1cc(Cl)c2oc(-c3cccc(-c4cccc(Nc5nccc6cc(CN7CC[C@@H](O)C7)cnc56)c4C)c3C)cc2c1. The molecular formula is C37H33ClN4O4. The maximum atomic E-state index is 12.1. The average Bonchev–Trinajstić information content (AvgIpc) is 3.68. The second kappa shape index (κ2) is 12.2. The number of aliphatic hydroxyl groups is 1. The smallest absolute Gasteiger partial charge is 0.337 e. The predicted octanol–water partition coefficient (Wildman–Crippen LogP) is 8.08. The first-order valence-corrected chi connectivity index (χ1v) is 15.6. The van der Waals surface area contributed by atoms with E-state index in [1.807, 2.05) is 42.6 Å². The number of furan rings is 1. The molecule has 3 aromatic carbocycles. The normalized spacial score (nSPS) is 15.1. The van der Waals surface area contributed by atoms with Crippen molar-refractivity contribution in [3.05, 3.63) is 106 Å². The first-order chi connectivity index (χ1) is 22.3. The number of esters is 1. The van der Waals surface area contributed by atoms with Gasteiger partial charge in [-0.1, -0.05) is 41.9 Å².